The lowest BCUT2D eigenvalue weighted by Crippen LogP contribution is -1.95. The Hall–Kier alpha value is -0.880. The molecule has 2 heteroatoms. The molecule has 1 aliphatic heterocycles. The normalized spacial score (nSPS) is 14.6. The molecule has 1 aliphatic rings. The summed E-state index contributed by atoms with van der Waals surface area (Å²) in [5.74, 6) is 0. The topological polar surface area (TPSA) is 26.5 Å². The zero-order chi connectivity index (χ0) is 9.52. The largest absolute Gasteiger partial charge is 0.344 e. The van der Waals surface area contributed by atoms with E-state index in [9.17, 15) is 0 Å². The zero-order valence-electron chi connectivity index (χ0n) is 8.71. The lowest BCUT2D eigenvalue weighted by molar-refractivity contribution is -0.0736. The Labute approximate surface area is 80.5 Å². The molecule has 1 rings (SSSR count). The van der Waals surface area contributed by atoms with Crippen LogP contribution in [0.1, 0.15) is 52.4 Å². The third-order valence-corrected chi connectivity index (χ3v) is 2.44. The van der Waals surface area contributed by atoms with Gasteiger partial charge in [-0.05, 0) is 12.8 Å². The average molecular weight is 179 g/mol. The van der Waals surface area contributed by atoms with Gasteiger partial charge in [-0.25, -0.2) is 0 Å². The molecule has 0 atom stereocenters. The average Bonchev–Trinajstić information content (AvgIpc) is 2.52. The molecule has 0 aromatic carbocycles. The van der Waals surface area contributed by atoms with Gasteiger partial charge in [0.15, 0.2) is 0 Å². The molecule has 0 saturated carbocycles. The van der Waals surface area contributed by atoms with Crippen molar-refractivity contribution in [2.45, 2.75) is 52.4 Å². The molecule has 0 unspecified atom stereocenters. The van der Waals surface area contributed by atoms with Gasteiger partial charge in [-0.15, -0.1) is 0 Å². The smallest absolute Gasteiger partial charge is 0.0654 e. The molecule has 13 heavy (non-hydrogen) atoms. The van der Waals surface area contributed by atoms with Crippen LogP contribution in [0.25, 0.3) is 0 Å². The number of unbranched alkanes of at least 4 members (excludes halogenated alkanes) is 4. The highest BCUT2D eigenvalue weighted by Crippen LogP contribution is 2.13. The van der Waals surface area contributed by atoms with Crippen LogP contribution in [0.3, 0.4) is 0 Å². The van der Waals surface area contributed by atoms with Crippen LogP contribution < -0.4 is 0 Å². The summed E-state index contributed by atoms with van der Waals surface area (Å²) in [5, 5.41) is 3.89. The van der Waals surface area contributed by atoms with E-state index in [1.54, 1.807) is 0 Å². The van der Waals surface area contributed by atoms with Crippen molar-refractivity contribution in [3.8, 4) is 0 Å². The number of hydrogen-bond acceptors (Lipinski definition) is 1. The van der Waals surface area contributed by atoms with Gasteiger partial charge in [-0.1, -0.05) is 32.6 Å². The quantitative estimate of drug-likeness (QED) is 0.441. The van der Waals surface area contributed by atoms with Crippen LogP contribution in [-0.4, -0.2) is 10.5 Å². The SMILES string of the molecule is CCCCCCCC1=CN=[N+]=C1C. The van der Waals surface area contributed by atoms with Crippen molar-refractivity contribution in [2.24, 2.45) is 5.11 Å². The minimum atomic E-state index is 1.11. The van der Waals surface area contributed by atoms with Crippen LogP contribution in [0.2, 0.25) is 0 Å². The van der Waals surface area contributed by atoms with Crippen LogP contribution in [0.5, 0.6) is 0 Å². The molecule has 1 heterocycles. The molecular formula is C11H19N2+. The Morgan fingerprint density at radius 3 is 2.62 bits per heavy atom. The Morgan fingerprint density at radius 1 is 1.23 bits per heavy atom. The molecule has 0 aliphatic carbocycles. The second-order valence-corrected chi connectivity index (χ2v) is 3.62. The van der Waals surface area contributed by atoms with E-state index in [1.165, 1.54) is 37.7 Å². The second-order valence-electron chi connectivity index (χ2n) is 3.62. The Bertz CT molecular complexity index is 245. The van der Waals surface area contributed by atoms with Gasteiger partial charge >= 0.3 is 5.71 Å². The Balaban J connectivity index is 2.05. The molecule has 0 bridgehead atoms. The summed E-state index contributed by atoms with van der Waals surface area (Å²) < 4.78 is 0. The molecule has 0 aromatic heterocycles. The standard InChI is InChI=1S/C11H19N2/c1-3-4-5-6-7-8-11-9-12-13-10(11)2/h9H,3-8H2,1-2H3/q+1. The first kappa shape index (κ1) is 10.2. The zero-order valence-corrected chi connectivity index (χ0v) is 8.71. The van der Waals surface area contributed by atoms with Crippen LogP contribution >= 0.6 is 0 Å². The summed E-state index contributed by atoms with van der Waals surface area (Å²) in [5.41, 5.74) is 2.44. The minimum Gasteiger partial charge on any atom is -0.0654 e. The van der Waals surface area contributed by atoms with Gasteiger partial charge < -0.3 is 0 Å². The number of allylic oxidation sites excluding steroid dienone is 1. The maximum atomic E-state index is 3.98. The monoisotopic (exact) mass is 179 g/mol. The van der Waals surface area contributed by atoms with Gasteiger partial charge in [-0.3, -0.25) is 0 Å². The van der Waals surface area contributed by atoms with Gasteiger partial charge in [0.25, 0.3) is 0 Å². The van der Waals surface area contributed by atoms with Crippen LogP contribution in [0.4, 0.5) is 0 Å². The Kier molecular flexibility index (Phi) is 4.48. The number of rotatable bonds is 6. The lowest BCUT2D eigenvalue weighted by atomic mass is 10.0. The lowest BCUT2D eigenvalue weighted by Gasteiger charge is -1.97. The fourth-order valence-electron chi connectivity index (χ4n) is 1.51. The predicted molar refractivity (Wildman–Crippen MR) is 54.8 cm³/mol. The molecule has 72 valence electrons. The van der Waals surface area contributed by atoms with Crippen molar-refractivity contribution in [3.63, 3.8) is 0 Å². The highest BCUT2D eigenvalue weighted by Gasteiger charge is 2.15. The van der Waals surface area contributed by atoms with E-state index in [1.807, 2.05) is 13.1 Å². The predicted octanol–water partition coefficient (Wildman–Crippen LogP) is 3.37. The van der Waals surface area contributed by atoms with E-state index in [2.05, 4.69) is 16.8 Å². The first-order valence-corrected chi connectivity index (χ1v) is 5.28. The van der Waals surface area contributed by atoms with E-state index < -0.39 is 0 Å². The second kappa shape index (κ2) is 5.71. The van der Waals surface area contributed by atoms with E-state index in [4.69, 9.17) is 0 Å². The van der Waals surface area contributed by atoms with Gasteiger partial charge in [0.05, 0.1) is 10.4 Å². The van der Waals surface area contributed by atoms with Gasteiger partial charge in [-0.2, -0.15) is 0 Å². The molecule has 0 aromatic rings. The number of nitrogens with zero attached hydrogens (tertiary/aromatic N) is 2. The van der Waals surface area contributed by atoms with Crippen LogP contribution in [-0.2, 0) is 0 Å². The van der Waals surface area contributed by atoms with E-state index in [-0.39, 0.29) is 0 Å². The molecule has 2 nitrogen and oxygen atoms in total. The fraction of sp³-hybridized carbons (Fsp3) is 0.727. The van der Waals surface area contributed by atoms with Crippen molar-refractivity contribution in [2.75, 3.05) is 0 Å². The van der Waals surface area contributed by atoms with Crippen molar-refractivity contribution in [1.82, 2.24) is 0 Å². The van der Waals surface area contributed by atoms with E-state index in [0.29, 0.717) is 0 Å². The summed E-state index contributed by atoms with van der Waals surface area (Å²) in [6, 6.07) is 0. The maximum absolute atomic E-state index is 3.98. The van der Waals surface area contributed by atoms with Crippen molar-refractivity contribution in [1.29, 1.82) is 0 Å². The van der Waals surface area contributed by atoms with Gasteiger partial charge in [0.2, 0.25) is 0 Å². The third kappa shape index (κ3) is 3.56. The molecular weight excluding hydrogens is 160 g/mol. The van der Waals surface area contributed by atoms with Gasteiger partial charge in [0.1, 0.15) is 11.3 Å². The van der Waals surface area contributed by atoms with Crippen molar-refractivity contribution < 1.29 is 4.79 Å². The minimum absolute atomic E-state index is 1.11. The van der Waals surface area contributed by atoms with E-state index >= 15 is 0 Å². The molecule has 0 N–H and O–H groups in total. The highest BCUT2D eigenvalue weighted by molar-refractivity contribution is 5.94. The molecule has 0 saturated heterocycles. The molecule has 0 spiro atoms. The first-order chi connectivity index (χ1) is 6.34. The highest BCUT2D eigenvalue weighted by atomic mass is 15.0. The Morgan fingerprint density at radius 2 is 2.00 bits per heavy atom. The fourth-order valence-corrected chi connectivity index (χ4v) is 1.51. The molecule has 0 radical (unpaired) electrons. The summed E-state index contributed by atoms with van der Waals surface area (Å²) in [6.07, 6.45) is 9.75. The number of hydrogen-bond donors (Lipinski definition) is 0. The summed E-state index contributed by atoms with van der Waals surface area (Å²) in [4.78, 5) is 3.98. The van der Waals surface area contributed by atoms with Crippen molar-refractivity contribution in [3.05, 3.63) is 11.8 Å². The van der Waals surface area contributed by atoms with Crippen LogP contribution in [0.15, 0.2) is 16.9 Å². The molecule has 0 fully saturated rings. The summed E-state index contributed by atoms with van der Waals surface area (Å²) in [7, 11) is 0. The summed E-state index contributed by atoms with van der Waals surface area (Å²) in [6.45, 7) is 4.28. The third-order valence-electron chi connectivity index (χ3n) is 2.44. The van der Waals surface area contributed by atoms with Gasteiger partial charge in [0, 0.05) is 6.92 Å². The maximum Gasteiger partial charge on any atom is 0.344 e. The first-order valence-electron chi connectivity index (χ1n) is 5.28. The van der Waals surface area contributed by atoms with Crippen LogP contribution in [0, 0.1) is 0 Å². The molecule has 0 amide bonds. The summed E-state index contributed by atoms with van der Waals surface area (Å²) >= 11 is 0. The van der Waals surface area contributed by atoms with Crippen molar-refractivity contribution >= 4 is 5.71 Å². The van der Waals surface area contributed by atoms with E-state index in [0.717, 1.165) is 12.1 Å².